The summed E-state index contributed by atoms with van der Waals surface area (Å²) in [7, 11) is 1.85. The highest BCUT2D eigenvalue weighted by molar-refractivity contribution is 6.05. The van der Waals surface area contributed by atoms with Crippen LogP contribution >= 0.6 is 0 Å². The van der Waals surface area contributed by atoms with E-state index in [-0.39, 0.29) is 5.91 Å². The number of nitrogens with zero attached hydrogens (tertiary/aromatic N) is 1. The molecule has 0 atom stereocenters. The summed E-state index contributed by atoms with van der Waals surface area (Å²) in [6.45, 7) is 4.08. The maximum Gasteiger partial charge on any atom is 0.272 e. The standard InChI is InChI=1S/C16H16N2O2/c1-10-4-5-12(8-11(10)2)17-16(19)14-9-15-13(18(14)3)6-7-20-15/h4-9H,1-3H3,(H,17,19). The minimum Gasteiger partial charge on any atom is -0.463 e. The van der Waals surface area contributed by atoms with E-state index in [0.717, 1.165) is 22.4 Å². The van der Waals surface area contributed by atoms with Crippen LogP contribution in [0.25, 0.3) is 11.1 Å². The summed E-state index contributed by atoms with van der Waals surface area (Å²) >= 11 is 0. The maximum atomic E-state index is 12.3. The monoisotopic (exact) mass is 268 g/mol. The van der Waals surface area contributed by atoms with Gasteiger partial charge in [0, 0.05) is 24.9 Å². The largest absolute Gasteiger partial charge is 0.463 e. The molecule has 0 aliphatic heterocycles. The Labute approximate surface area is 117 Å². The van der Waals surface area contributed by atoms with Crippen LogP contribution < -0.4 is 5.32 Å². The van der Waals surface area contributed by atoms with Gasteiger partial charge in [0.2, 0.25) is 0 Å². The van der Waals surface area contributed by atoms with Crippen molar-refractivity contribution in [3.63, 3.8) is 0 Å². The molecule has 0 saturated carbocycles. The van der Waals surface area contributed by atoms with Gasteiger partial charge in [0.1, 0.15) is 5.69 Å². The van der Waals surface area contributed by atoms with E-state index in [1.54, 1.807) is 12.3 Å². The normalized spacial score (nSPS) is 10.9. The van der Waals surface area contributed by atoms with Gasteiger partial charge in [-0.15, -0.1) is 0 Å². The number of hydrogen-bond donors (Lipinski definition) is 1. The van der Waals surface area contributed by atoms with Crippen molar-refractivity contribution in [1.29, 1.82) is 0 Å². The summed E-state index contributed by atoms with van der Waals surface area (Å²) in [6, 6.07) is 9.49. The molecule has 1 aromatic carbocycles. The van der Waals surface area contributed by atoms with Crippen molar-refractivity contribution in [1.82, 2.24) is 4.57 Å². The number of carbonyl (C=O) groups excluding carboxylic acids is 1. The van der Waals surface area contributed by atoms with Gasteiger partial charge < -0.3 is 14.3 Å². The van der Waals surface area contributed by atoms with Crippen LogP contribution in [0, 0.1) is 13.8 Å². The zero-order valence-electron chi connectivity index (χ0n) is 11.7. The van der Waals surface area contributed by atoms with E-state index in [1.165, 1.54) is 5.56 Å². The molecular formula is C16H16N2O2. The highest BCUT2D eigenvalue weighted by atomic mass is 16.3. The highest BCUT2D eigenvalue weighted by Crippen LogP contribution is 2.21. The number of aryl methyl sites for hydroxylation is 3. The van der Waals surface area contributed by atoms with Gasteiger partial charge in [-0.2, -0.15) is 0 Å². The average Bonchev–Trinajstić information content (AvgIpc) is 2.97. The summed E-state index contributed by atoms with van der Waals surface area (Å²) in [5.41, 5.74) is 5.38. The number of amides is 1. The predicted octanol–water partition coefficient (Wildman–Crippen LogP) is 3.64. The fourth-order valence-corrected chi connectivity index (χ4v) is 2.28. The van der Waals surface area contributed by atoms with E-state index >= 15 is 0 Å². The molecule has 1 amide bonds. The van der Waals surface area contributed by atoms with Crippen molar-refractivity contribution in [2.45, 2.75) is 13.8 Å². The number of rotatable bonds is 2. The van der Waals surface area contributed by atoms with Crippen LogP contribution in [0.1, 0.15) is 21.6 Å². The molecule has 0 aliphatic carbocycles. The van der Waals surface area contributed by atoms with E-state index in [1.807, 2.05) is 49.7 Å². The number of furan rings is 1. The van der Waals surface area contributed by atoms with Crippen molar-refractivity contribution < 1.29 is 9.21 Å². The average molecular weight is 268 g/mol. The second-order valence-corrected chi connectivity index (χ2v) is 5.01. The first-order valence-corrected chi connectivity index (χ1v) is 6.48. The Morgan fingerprint density at radius 2 is 1.95 bits per heavy atom. The molecule has 0 spiro atoms. The lowest BCUT2D eigenvalue weighted by Gasteiger charge is -2.08. The first kappa shape index (κ1) is 12.5. The van der Waals surface area contributed by atoms with Crippen molar-refractivity contribution in [2.24, 2.45) is 7.05 Å². The number of nitrogens with one attached hydrogen (secondary N) is 1. The number of carbonyl (C=O) groups is 1. The van der Waals surface area contributed by atoms with E-state index in [9.17, 15) is 4.79 Å². The third kappa shape index (κ3) is 1.99. The summed E-state index contributed by atoms with van der Waals surface area (Å²) in [5, 5.41) is 2.92. The van der Waals surface area contributed by atoms with Crippen molar-refractivity contribution in [3.8, 4) is 0 Å². The second-order valence-electron chi connectivity index (χ2n) is 5.01. The quantitative estimate of drug-likeness (QED) is 0.771. The Kier molecular flexibility index (Phi) is 2.86. The summed E-state index contributed by atoms with van der Waals surface area (Å²) in [6.07, 6.45) is 1.62. The van der Waals surface area contributed by atoms with E-state index in [0.29, 0.717) is 5.69 Å². The molecule has 3 aromatic rings. The van der Waals surface area contributed by atoms with Crippen LogP contribution in [-0.4, -0.2) is 10.5 Å². The summed E-state index contributed by atoms with van der Waals surface area (Å²) < 4.78 is 7.14. The molecule has 4 nitrogen and oxygen atoms in total. The zero-order valence-corrected chi connectivity index (χ0v) is 11.7. The summed E-state index contributed by atoms with van der Waals surface area (Å²) in [5.74, 6) is -0.137. The minimum absolute atomic E-state index is 0.137. The van der Waals surface area contributed by atoms with E-state index < -0.39 is 0 Å². The Bertz CT molecular complexity index is 796. The molecule has 0 saturated heterocycles. The first-order chi connectivity index (χ1) is 9.56. The lowest BCUT2D eigenvalue weighted by Crippen LogP contribution is -2.15. The van der Waals surface area contributed by atoms with Gasteiger partial charge in [0.05, 0.1) is 11.8 Å². The van der Waals surface area contributed by atoms with Gasteiger partial charge in [-0.05, 0) is 37.1 Å². The Morgan fingerprint density at radius 1 is 1.15 bits per heavy atom. The Morgan fingerprint density at radius 3 is 2.65 bits per heavy atom. The summed E-state index contributed by atoms with van der Waals surface area (Å²) in [4.78, 5) is 12.3. The van der Waals surface area contributed by atoms with Gasteiger partial charge in [-0.1, -0.05) is 6.07 Å². The minimum atomic E-state index is -0.137. The van der Waals surface area contributed by atoms with Crippen LogP contribution in [0.5, 0.6) is 0 Å². The molecule has 20 heavy (non-hydrogen) atoms. The topological polar surface area (TPSA) is 47.2 Å². The Hall–Kier alpha value is -2.49. The molecule has 0 fully saturated rings. The van der Waals surface area contributed by atoms with Crippen molar-refractivity contribution >= 4 is 22.7 Å². The first-order valence-electron chi connectivity index (χ1n) is 6.48. The molecule has 0 unspecified atom stereocenters. The third-order valence-electron chi connectivity index (χ3n) is 3.66. The van der Waals surface area contributed by atoms with E-state index in [2.05, 4.69) is 5.32 Å². The molecule has 102 valence electrons. The number of benzene rings is 1. The van der Waals surface area contributed by atoms with Gasteiger partial charge in [-0.3, -0.25) is 4.79 Å². The van der Waals surface area contributed by atoms with Gasteiger partial charge in [0.25, 0.3) is 5.91 Å². The second kappa shape index (κ2) is 4.56. The molecule has 1 N–H and O–H groups in total. The smallest absolute Gasteiger partial charge is 0.272 e. The lowest BCUT2D eigenvalue weighted by molar-refractivity contribution is 0.101. The lowest BCUT2D eigenvalue weighted by atomic mass is 10.1. The molecule has 0 bridgehead atoms. The third-order valence-corrected chi connectivity index (χ3v) is 3.66. The molecule has 0 aliphatic rings. The number of anilines is 1. The fourth-order valence-electron chi connectivity index (χ4n) is 2.28. The van der Waals surface area contributed by atoms with Crippen LogP contribution in [0.4, 0.5) is 5.69 Å². The molecule has 4 heteroatoms. The Balaban J connectivity index is 1.90. The highest BCUT2D eigenvalue weighted by Gasteiger charge is 2.15. The molecule has 0 radical (unpaired) electrons. The molecule has 2 heterocycles. The van der Waals surface area contributed by atoms with Crippen LogP contribution in [0.2, 0.25) is 0 Å². The predicted molar refractivity (Wildman–Crippen MR) is 79.1 cm³/mol. The zero-order chi connectivity index (χ0) is 14.3. The molecule has 3 rings (SSSR count). The SMILES string of the molecule is Cc1ccc(NC(=O)c2cc3occc3n2C)cc1C. The van der Waals surface area contributed by atoms with Crippen LogP contribution in [0.15, 0.2) is 41.0 Å². The van der Waals surface area contributed by atoms with Crippen molar-refractivity contribution in [2.75, 3.05) is 5.32 Å². The van der Waals surface area contributed by atoms with E-state index in [4.69, 9.17) is 4.42 Å². The molecular weight excluding hydrogens is 252 g/mol. The van der Waals surface area contributed by atoms with Gasteiger partial charge in [0.15, 0.2) is 5.58 Å². The number of fused-ring (bicyclic) bond motifs is 1. The maximum absolute atomic E-state index is 12.3. The molecule has 2 aromatic heterocycles. The van der Waals surface area contributed by atoms with Crippen LogP contribution in [0.3, 0.4) is 0 Å². The van der Waals surface area contributed by atoms with Crippen LogP contribution in [-0.2, 0) is 7.05 Å². The van der Waals surface area contributed by atoms with Crippen molar-refractivity contribution in [3.05, 3.63) is 53.4 Å². The van der Waals surface area contributed by atoms with Gasteiger partial charge >= 0.3 is 0 Å². The van der Waals surface area contributed by atoms with Gasteiger partial charge in [-0.25, -0.2) is 0 Å². The number of aromatic nitrogens is 1. The fraction of sp³-hybridized carbons (Fsp3) is 0.188. The number of hydrogen-bond acceptors (Lipinski definition) is 2.